The van der Waals surface area contributed by atoms with Gasteiger partial charge in [0.1, 0.15) is 5.50 Å². The van der Waals surface area contributed by atoms with Crippen LogP contribution >= 0.6 is 8.20 Å². The molecule has 1 rings (SSSR count). The van der Waals surface area contributed by atoms with Crippen molar-refractivity contribution in [1.82, 2.24) is 0 Å². The molecule has 0 atom stereocenters. The van der Waals surface area contributed by atoms with Gasteiger partial charge in [0.2, 0.25) is 0 Å². The van der Waals surface area contributed by atoms with Gasteiger partial charge in [0.05, 0.1) is 22.8 Å². The standard InChI is InChI=1S/C17H29OPSi2.5CO.W/c1-8-18-16(14-15-12-10-9-11-13-15)19-17(20(2,3)4)21(5,6)7;5*1-2;/h9-14H,8H2,1-7H3;;;;;;/b16-14+;;;;;;. The average Bonchev–Trinajstić information content (AvgIpc) is 2.78. The second kappa shape index (κ2) is 29.8. The van der Waals surface area contributed by atoms with E-state index in [0.29, 0.717) is 0 Å². The van der Waals surface area contributed by atoms with E-state index in [4.69, 9.17) is 28.0 Å². The molecule has 0 spiro atoms. The van der Waals surface area contributed by atoms with Crippen molar-refractivity contribution in [3.8, 4) is 0 Å². The Kier molecular flexibility index (Phi) is 41.3. The van der Waals surface area contributed by atoms with Gasteiger partial charge in [0.15, 0.2) is 0 Å². The smallest absolute Gasteiger partial charge is 0 e. The summed E-state index contributed by atoms with van der Waals surface area (Å²) in [5.74, 6) is 0. The topological polar surface area (TPSA) is 109 Å². The minimum Gasteiger partial charge on any atom is 0 e. The molecule has 0 unspecified atom stereocenters. The van der Waals surface area contributed by atoms with Gasteiger partial charge < -0.3 is 4.74 Å². The first-order chi connectivity index (χ1) is 14.6. The summed E-state index contributed by atoms with van der Waals surface area (Å²) in [6, 6.07) is 10.5. The van der Waals surface area contributed by atoms with Crippen molar-refractivity contribution in [2.24, 2.45) is 0 Å². The van der Waals surface area contributed by atoms with Crippen molar-refractivity contribution in [2.75, 3.05) is 6.61 Å². The maximum absolute atomic E-state index is 7.50. The molecule has 0 amide bonds. The summed E-state index contributed by atoms with van der Waals surface area (Å²) in [7, 11) is -1.26. The van der Waals surface area contributed by atoms with Crippen molar-refractivity contribution < 1.29 is 49.1 Å². The minimum atomic E-state index is -1.29. The van der Waals surface area contributed by atoms with E-state index in [1.54, 1.807) is 4.54 Å². The second-order valence-corrected chi connectivity index (χ2v) is 19.7. The Balaban J connectivity index is -0.000000135. The Morgan fingerprint density at radius 1 is 0.781 bits per heavy atom. The number of ether oxygens (including phenoxy) is 1. The van der Waals surface area contributed by atoms with E-state index in [0.717, 1.165) is 12.1 Å². The molecule has 0 aliphatic carbocycles. The summed E-state index contributed by atoms with van der Waals surface area (Å²) < 4.78 is 45.2. The fourth-order valence-electron chi connectivity index (χ4n) is 2.52. The maximum Gasteiger partial charge on any atom is 0 e. The first kappa shape index (κ1) is 44.4. The quantitative estimate of drug-likeness (QED) is 0.126. The molecule has 32 heavy (non-hydrogen) atoms. The molecule has 0 saturated carbocycles. The van der Waals surface area contributed by atoms with Crippen LogP contribution < -0.4 is 0 Å². The largest absolute Gasteiger partial charge is 0 e. The molecule has 0 bridgehead atoms. The Morgan fingerprint density at radius 2 is 1.12 bits per heavy atom. The zero-order chi connectivity index (χ0) is 26.1. The Hall–Kier alpha value is -1.25. The molecule has 0 N–H and O–H groups in total. The molecular formula is C22H29O6PSi2W. The molecule has 0 aliphatic rings. The zero-order valence-corrected chi connectivity index (χ0v) is 25.3. The number of rotatable bonds is 6. The van der Waals surface area contributed by atoms with Crippen LogP contribution in [0.1, 0.15) is 12.5 Å². The molecule has 0 saturated heterocycles. The van der Waals surface area contributed by atoms with E-state index in [-0.39, 0.29) is 21.1 Å². The van der Waals surface area contributed by atoms with Gasteiger partial charge in [-0.1, -0.05) is 74.2 Å². The Labute approximate surface area is 210 Å². The molecule has 1 aromatic rings. The van der Waals surface area contributed by atoms with E-state index in [1.807, 2.05) is 0 Å². The van der Waals surface area contributed by atoms with Crippen LogP contribution in [0.25, 0.3) is 6.08 Å². The molecule has 0 aliphatic heterocycles. The molecule has 10 heteroatoms. The summed E-state index contributed by atoms with van der Waals surface area (Å²) in [5.41, 5.74) is 2.32. The number of hydrogen-bond acceptors (Lipinski definition) is 1. The van der Waals surface area contributed by atoms with Crippen molar-refractivity contribution >= 4 is 35.0 Å². The van der Waals surface area contributed by atoms with Crippen LogP contribution in [-0.4, -0.2) is 27.3 Å². The Bertz CT molecular complexity index is 674. The van der Waals surface area contributed by atoms with Crippen LogP contribution in [0.15, 0.2) is 35.8 Å². The SMILES string of the molecule is CCO/C(=C\c1ccccc1)P=C([Si](C)(C)C)[Si](C)(C)C.[C-]#[O+].[C-]#[O+].[C-]#[O+].[C-]#[O+].[C-]#[O+].[W]. The van der Waals surface area contributed by atoms with E-state index in [1.165, 1.54) is 13.8 Å². The second-order valence-electron chi connectivity index (χ2n) is 7.29. The van der Waals surface area contributed by atoms with Gasteiger partial charge in [0, 0.05) is 21.1 Å². The van der Waals surface area contributed by atoms with Gasteiger partial charge in [-0.3, -0.25) is 0 Å². The van der Waals surface area contributed by atoms with Gasteiger partial charge in [0.25, 0.3) is 0 Å². The van der Waals surface area contributed by atoms with Gasteiger partial charge in [-0.15, -0.1) is 0 Å². The predicted molar refractivity (Wildman–Crippen MR) is 124 cm³/mol. The molecule has 172 valence electrons. The molecule has 1 aromatic carbocycles. The summed E-state index contributed by atoms with van der Waals surface area (Å²) in [4.78, 5) is 0. The Morgan fingerprint density at radius 3 is 1.41 bits per heavy atom. The van der Waals surface area contributed by atoms with Gasteiger partial charge in [-0.2, -0.15) is 0 Å². The summed E-state index contributed by atoms with van der Waals surface area (Å²) in [6.07, 6.45) is 2.20. The van der Waals surface area contributed by atoms with Crippen molar-refractivity contribution in [1.29, 1.82) is 0 Å². The third-order valence-corrected chi connectivity index (χ3v) is 15.8. The van der Waals surface area contributed by atoms with Crippen LogP contribution in [0.5, 0.6) is 0 Å². The molecule has 6 nitrogen and oxygen atoms in total. The molecular weight excluding hydrogens is 631 g/mol. The van der Waals surface area contributed by atoms with E-state index < -0.39 is 16.1 Å². The first-order valence-electron chi connectivity index (χ1n) is 8.66. The third kappa shape index (κ3) is 25.0. The summed E-state index contributed by atoms with van der Waals surface area (Å²) in [5, 5.41) is 0. The predicted octanol–water partition coefficient (Wildman–Crippen LogP) is 5.70. The fraction of sp³-hybridized carbons (Fsp3) is 0.364. The van der Waals surface area contributed by atoms with E-state index in [9.17, 15) is 0 Å². The fourth-order valence-corrected chi connectivity index (χ4v) is 15.5. The summed E-state index contributed by atoms with van der Waals surface area (Å²) in [6.45, 7) is 40.0. The molecule has 0 aromatic heterocycles. The van der Waals surface area contributed by atoms with Crippen molar-refractivity contribution in [3.05, 3.63) is 74.6 Å². The number of benzene rings is 1. The van der Waals surface area contributed by atoms with Gasteiger partial charge in [-0.05, 0) is 26.8 Å². The average molecular weight is 660 g/mol. The van der Waals surface area contributed by atoms with Crippen LogP contribution in [0.2, 0.25) is 39.3 Å². The zero-order valence-electron chi connectivity index (χ0n) is 19.5. The third-order valence-electron chi connectivity index (χ3n) is 3.02. The van der Waals surface area contributed by atoms with E-state index in [2.05, 4.69) is 116 Å². The first-order valence-corrected chi connectivity index (χ1v) is 16.6. The van der Waals surface area contributed by atoms with E-state index >= 15 is 0 Å². The van der Waals surface area contributed by atoms with Crippen LogP contribution in [0.3, 0.4) is 0 Å². The summed E-state index contributed by atoms with van der Waals surface area (Å²) >= 11 is 0. The molecule has 0 heterocycles. The van der Waals surface area contributed by atoms with Gasteiger partial charge in [-0.25, -0.2) is 0 Å². The maximum atomic E-state index is 7.50. The molecule has 0 radical (unpaired) electrons. The minimum absolute atomic E-state index is 0. The van der Waals surface area contributed by atoms with Crippen LogP contribution in [0, 0.1) is 33.3 Å². The van der Waals surface area contributed by atoms with Crippen molar-refractivity contribution in [3.63, 3.8) is 0 Å². The normalized spacial score (nSPS) is 9.09. The van der Waals surface area contributed by atoms with Crippen LogP contribution in [-0.2, 0) is 49.1 Å². The monoisotopic (exact) mass is 660 g/mol. The van der Waals surface area contributed by atoms with Gasteiger partial charge >= 0.3 is 56.5 Å². The van der Waals surface area contributed by atoms with Crippen LogP contribution in [0.4, 0.5) is 0 Å². The number of hydrogen-bond donors (Lipinski definition) is 0. The molecule has 0 fully saturated rings. The van der Waals surface area contributed by atoms with Crippen molar-refractivity contribution in [2.45, 2.75) is 46.2 Å².